The van der Waals surface area contributed by atoms with E-state index in [1.807, 2.05) is 4.90 Å². The first-order valence-corrected chi connectivity index (χ1v) is 12.4. The number of nitrogens with zero attached hydrogens (tertiary/aromatic N) is 1. The van der Waals surface area contributed by atoms with Gasteiger partial charge in [0, 0.05) is 38.1 Å². The van der Waals surface area contributed by atoms with Crippen LogP contribution < -0.4 is 15.4 Å². The van der Waals surface area contributed by atoms with Gasteiger partial charge in [-0.1, -0.05) is 30.3 Å². The van der Waals surface area contributed by atoms with Crippen LogP contribution in [0, 0.1) is 5.82 Å². The van der Waals surface area contributed by atoms with Crippen LogP contribution >= 0.6 is 0 Å². The van der Waals surface area contributed by atoms with Gasteiger partial charge in [-0.3, -0.25) is 14.5 Å². The standard InChI is InChI=1S/C23H27FN4O4S/c24-17-8-6-16(7-9-17)13-25-22(29)11-10-19-14-26-23(30)21-12-18(15-28(19)21)27-33(31,32)20-4-2-1-3-5-20/h1-9,18-19,21,27H,10-15H2,(H,25,29)(H,26,30)/t18-,19-,21+/m1/s1. The van der Waals surface area contributed by atoms with Gasteiger partial charge < -0.3 is 10.6 Å². The molecule has 2 heterocycles. The van der Waals surface area contributed by atoms with Crippen molar-refractivity contribution in [1.29, 1.82) is 0 Å². The summed E-state index contributed by atoms with van der Waals surface area (Å²) in [5.41, 5.74) is 0.808. The molecule has 2 amide bonds. The highest BCUT2D eigenvalue weighted by atomic mass is 32.2. The lowest BCUT2D eigenvalue weighted by Crippen LogP contribution is -2.58. The van der Waals surface area contributed by atoms with E-state index in [4.69, 9.17) is 0 Å². The van der Waals surface area contributed by atoms with E-state index >= 15 is 0 Å². The summed E-state index contributed by atoms with van der Waals surface area (Å²) >= 11 is 0. The van der Waals surface area contributed by atoms with E-state index in [0.717, 1.165) is 5.56 Å². The molecule has 2 fully saturated rings. The zero-order chi connectivity index (χ0) is 23.4. The van der Waals surface area contributed by atoms with Crippen LogP contribution in [0.4, 0.5) is 4.39 Å². The van der Waals surface area contributed by atoms with E-state index in [9.17, 15) is 22.4 Å². The molecule has 0 radical (unpaired) electrons. The van der Waals surface area contributed by atoms with Crippen LogP contribution in [0.3, 0.4) is 0 Å². The number of hydrogen-bond donors (Lipinski definition) is 3. The number of amides is 2. The normalized spacial score (nSPS) is 23.1. The van der Waals surface area contributed by atoms with E-state index in [0.29, 0.717) is 32.5 Å². The van der Waals surface area contributed by atoms with Gasteiger partial charge in [-0.2, -0.15) is 0 Å². The largest absolute Gasteiger partial charge is 0.353 e. The Bertz CT molecular complexity index is 1100. The summed E-state index contributed by atoms with van der Waals surface area (Å²) < 4.78 is 41.1. The topological polar surface area (TPSA) is 108 Å². The summed E-state index contributed by atoms with van der Waals surface area (Å²) in [5, 5.41) is 5.71. The first kappa shape index (κ1) is 23.3. The van der Waals surface area contributed by atoms with Crippen molar-refractivity contribution < 1.29 is 22.4 Å². The Morgan fingerprint density at radius 3 is 2.58 bits per heavy atom. The molecule has 2 saturated heterocycles. The number of rotatable bonds is 8. The minimum atomic E-state index is -3.68. The predicted octanol–water partition coefficient (Wildman–Crippen LogP) is 1.14. The maximum Gasteiger partial charge on any atom is 0.240 e. The summed E-state index contributed by atoms with van der Waals surface area (Å²) in [4.78, 5) is 26.9. The van der Waals surface area contributed by atoms with E-state index in [2.05, 4.69) is 15.4 Å². The number of carbonyl (C=O) groups is 2. The van der Waals surface area contributed by atoms with Crippen molar-refractivity contribution >= 4 is 21.8 Å². The number of fused-ring (bicyclic) bond motifs is 1. The molecule has 4 rings (SSSR count). The third-order valence-corrected chi connectivity index (χ3v) is 7.64. The Balaban J connectivity index is 1.31. The molecule has 0 aliphatic carbocycles. The van der Waals surface area contributed by atoms with Crippen molar-refractivity contribution in [2.75, 3.05) is 13.1 Å². The summed E-state index contributed by atoms with van der Waals surface area (Å²) in [7, 11) is -3.68. The molecular formula is C23H27FN4O4S. The summed E-state index contributed by atoms with van der Waals surface area (Å²) in [6.45, 7) is 1.14. The first-order valence-electron chi connectivity index (χ1n) is 10.9. The van der Waals surface area contributed by atoms with Crippen LogP contribution in [0.15, 0.2) is 59.5 Å². The maximum atomic E-state index is 13.0. The van der Waals surface area contributed by atoms with Gasteiger partial charge in [-0.25, -0.2) is 17.5 Å². The predicted molar refractivity (Wildman–Crippen MR) is 120 cm³/mol. The fourth-order valence-electron chi connectivity index (χ4n) is 4.41. The molecule has 33 heavy (non-hydrogen) atoms. The Kier molecular flexibility index (Phi) is 7.06. The van der Waals surface area contributed by atoms with Gasteiger partial charge >= 0.3 is 0 Å². The number of halogens is 1. The highest BCUT2D eigenvalue weighted by Gasteiger charge is 2.44. The third-order valence-electron chi connectivity index (χ3n) is 6.11. The average Bonchev–Trinajstić information content (AvgIpc) is 3.23. The lowest BCUT2D eigenvalue weighted by Gasteiger charge is -2.37. The number of hydrogen-bond acceptors (Lipinski definition) is 5. The van der Waals surface area contributed by atoms with E-state index in [1.54, 1.807) is 30.3 Å². The van der Waals surface area contributed by atoms with Gasteiger partial charge in [0.2, 0.25) is 21.8 Å². The Hall–Kier alpha value is -2.82. The fourth-order valence-corrected chi connectivity index (χ4v) is 5.67. The highest BCUT2D eigenvalue weighted by molar-refractivity contribution is 7.89. The molecule has 10 heteroatoms. The zero-order valence-corrected chi connectivity index (χ0v) is 18.9. The Labute approximate surface area is 192 Å². The number of piperazine rings is 1. The molecule has 2 aromatic carbocycles. The van der Waals surface area contributed by atoms with Crippen molar-refractivity contribution in [2.45, 2.75) is 48.8 Å². The van der Waals surface area contributed by atoms with Crippen LogP contribution in [-0.4, -0.2) is 56.3 Å². The minimum Gasteiger partial charge on any atom is -0.353 e. The SMILES string of the molecule is O=C(CC[C@@H]1CNC(=O)[C@@H]2C[C@@H](NS(=O)(=O)c3ccccc3)CN12)NCc1ccc(F)cc1. The Morgan fingerprint density at radius 1 is 1.12 bits per heavy atom. The molecule has 0 bridgehead atoms. The number of benzene rings is 2. The fraction of sp³-hybridized carbons (Fsp3) is 0.391. The minimum absolute atomic E-state index is 0.0597. The molecule has 0 aromatic heterocycles. The molecule has 2 aliphatic heterocycles. The lowest BCUT2D eigenvalue weighted by molar-refractivity contribution is -0.129. The monoisotopic (exact) mass is 474 g/mol. The van der Waals surface area contributed by atoms with Gasteiger partial charge in [-0.15, -0.1) is 0 Å². The van der Waals surface area contributed by atoms with Crippen molar-refractivity contribution in [3.63, 3.8) is 0 Å². The van der Waals surface area contributed by atoms with E-state index in [-0.39, 0.29) is 41.0 Å². The summed E-state index contributed by atoms with van der Waals surface area (Å²) in [6, 6.07) is 13.2. The van der Waals surface area contributed by atoms with Crippen LogP contribution in [0.2, 0.25) is 0 Å². The highest BCUT2D eigenvalue weighted by Crippen LogP contribution is 2.27. The zero-order valence-electron chi connectivity index (χ0n) is 18.0. The average molecular weight is 475 g/mol. The smallest absolute Gasteiger partial charge is 0.240 e. The molecule has 176 valence electrons. The molecular weight excluding hydrogens is 447 g/mol. The lowest BCUT2D eigenvalue weighted by atomic mass is 10.0. The second-order valence-electron chi connectivity index (χ2n) is 8.42. The van der Waals surface area contributed by atoms with Gasteiger partial charge in [0.1, 0.15) is 5.82 Å². The first-order chi connectivity index (χ1) is 15.8. The maximum absolute atomic E-state index is 13.0. The van der Waals surface area contributed by atoms with E-state index < -0.39 is 16.1 Å². The summed E-state index contributed by atoms with van der Waals surface area (Å²) in [5.74, 6) is -0.573. The quantitative estimate of drug-likeness (QED) is 0.532. The van der Waals surface area contributed by atoms with Crippen LogP contribution in [0.1, 0.15) is 24.8 Å². The third kappa shape index (κ3) is 5.76. The second kappa shape index (κ2) is 9.98. The molecule has 3 N–H and O–H groups in total. The molecule has 0 spiro atoms. The number of nitrogens with one attached hydrogen (secondary N) is 3. The van der Waals surface area contributed by atoms with Gasteiger partial charge in [-0.05, 0) is 42.7 Å². The second-order valence-corrected chi connectivity index (χ2v) is 10.1. The molecule has 3 atom stereocenters. The van der Waals surface area contributed by atoms with Gasteiger partial charge in [0.15, 0.2) is 0 Å². The number of sulfonamides is 1. The number of carbonyl (C=O) groups excluding carboxylic acids is 2. The molecule has 2 aliphatic rings. The van der Waals surface area contributed by atoms with Crippen molar-refractivity contribution in [3.05, 3.63) is 66.0 Å². The molecule has 0 saturated carbocycles. The Morgan fingerprint density at radius 2 is 1.85 bits per heavy atom. The molecule has 0 unspecified atom stereocenters. The van der Waals surface area contributed by atoms with Crippen LogP contribution in [0.5, 0.6) is 0 Å². The van der Waals surface area contributed by atoms with Crippen LogP contribution in [-0.2, 0) is 26.2 Å². The van der Waals surface area contributed by atoms with Crippen molar-refractivity contribution in [3.8, 4) is 0 Å². The van der Waals surface area contributed by atoms with Gasteiger partial charge in [0.25, 0.3) is 0 Å². The van der Waals surface area contributed by atoms with Crippen molar-refractivity contribution in [2.24, 2.45) is 0 Å². The van der Waals surface area contributed by atoms with Gasteiger partial charge in [0.05, 0.1) is 10.9 Å². The van der Waals surface area contributed by atoms with E-state index in [1.165, 1.54) is 24.3 Å². The van der Waals surface area contributed by atoms with Crippen molar-refractivity contribution in [1.82, 2.24) is 20.3 Å². The van der Waals surface area contributed by atoms with Crippen LogP contribution in [0.25, 0.3) is 0 Å². The summed E-state index contributed by atoms with van der Waals surface area (Å²) in [6.07, 6.45) is 1.18. The molecule has 8 nitrogen and oxygen atoms in total. The molecule has 2 aromatic rings.